The number of nitrogens with zero attached hydrogens (tertiary/aromatic N) is 3. The van der Waals surface area contributed by atoms with Crippen LogP contribution in [-0.2, 0) is 11.3 Å². The molecule has 0 amide bonds. The predicted molar refractivity (Wildman–Crippen MR) is 87.8 cm³/mol. The summed E-state index contributed by atoms with van der Waals surface area (Å²) in [5, 5.41) is 0. The lowest BCUT2D eigenvalue weighted by molar-refractivity contribution is 0.0342. The molecule has 5 heteroatoms. The van der Waals surface area contributed by atoms with Gasteiger partial charge in [0, 0.05) is 24.5 Å². The summed E-state index contributed by atoms with van der Waals surface area (Å²) in [6.07, 6.45) is 4.54. The third-order valence-corrected chi connectivity index (χ3v) is 4.96. The molecule has 1 saturated heterocycles. The number of ether oxygens (including phenoxy) is 1. The van der Waals surface area contributed by atoms with Crippen LogP contribution in [0.25, 0.3) is 20.7 Å². The smallest absolute Gasteiger partial charge is 0.116 e. The highest BCUT2D eigenvalue weighted by Crippen LogP contribution is 2.31. The molecular formula is C17H16N3OS. The van der Waals surface area contributed by atoms with Crippen LogP contribution >= 0.6 is 11.3 Å². The van der Waals surface area contributed by atoms with Crippen molar-refractivity contribution >= 4 is 21.6 Å². The maximum absolute atomic E-state index is 5.39. The van der Waals surface area contributed by atoms with E-state index >= 15 is 0 Å². The van der Waals surface area contributed by atoms with Crippen molar-refractivity contribution in [1.29, 1.82) is 0 Å². The highest BCUT2D eigenvalue weighted by atomic mass is 32.1. The van der Waals surface area contributed by atoms with E-state index in [1.54, 1.807) is 17.7 Å². The zero-order chi connectivity index (χ0) is 14.8. The lowest BCUT2D eigenvalue weighted by Crippen LogP contribution is -2.35. The summed E-state index contributed by atoms with van der Waals surface area (Å²) in [6.45, 7) is 4.73. The minimum atomic E-state index is 0.845. The van der Waals surface area contributed by atoms with E-state index in [0.29, 0.717) is 0 Å². The fourth-order valence-electron chi connectivity index (χ4n) is 2.67. The largest absolute Gasteiger partial charge is 0.379 e. The molecule has 3 heterocycles. The van der Waals surface area contributed by atoms with Gasteiger partial charge in [0.1, 0.15) is 12.5 Å². The molecule has 0 bridgehead atoms. The van der Waals surface area contributed by atoms with Gasteiger partial charge in [-0.2, -0.15) is 0 Å². The molecule has 1 aliphatic heterocycles. The van der Waals surface area contributed by atoms with Gasteiger partial charge in [-0.25, -0.2) is 9.97 Å². The van der Waals surface area contributed by atoms with E-state index in [9.17, 15) is 0 Å². The summed E-state index contributed by atoms with van der Waals surface area (Å²) in [6, 6.07) is 10.9. The molecule has 0 spiro atoms. The van der Waals surface area contributed by atoms with Crippen molar-refractivity contribution < 1.29 is 4.74 Å². The first-order valence-corrected chi connectivity index (χ1v) is 8.22. The van der Waals surface area contributed by atoms with Crippen LogP contribution in [0.2, 0.25) is 0 Å². The first kappa shape index (κ1) is 13.8. The van der Waals surface area contributed by atoms with Crippen LogP contribution in [0.3, 0.4) is 0 Å². The summed E-state index contributed by atoms with van der Waals surface area (Å²) in [4.78, 5) is 11.9. The predicted octanol–water partition coefficient (Wildman–Crippen LogP) is 2.99. The molecule has 3 aromatic rings. The number of hydrogen-bond acceptors (Lipinski definition) is 5. The van der Waals surface area contributed by atoms with Crippen molar-refractivity contribution in [1.82, 2.24) is 14.9 Å². The third-order valence-electron chi connectivity index (χ3n) is 3.88. The van der Waals surface area contributed by atoms with Crippen molar-refractivity contribution in [3.05, 3.63) is 48.4 Å². The van der Waals surface area contributed by atoms with Gasteiger partial charge in [0.05, 0.1) is 23.4 Å². The summed E-state index contributed by atoms with van der Waals surface area (Å²) < 4.78 is 6.40. The van der Waals surface area contributed by atoms with E-state index in [1.807, 2.05) is 0 Å². The number of fused-ring (bicyclic) bond motifs is 1. The highest BCUT2D eigenvalue weighted by Gasteiger charge is 2.11. The zero-order valence-corrected chi connectivity index (χ0v) is 13.0. The van der Waals surface area contributed by atoms with Gasteiger partial charge in [-0.1, -0.05) is 24.3 Å². The Bertz CT molecular complexity index is 730. The van der Waals surface area contributed by atoms with Crippen LogP contribution in [-0.4, -0.2) is 41.2 Å². The maximum Gasteiger partial charge on any atom is 0.116 e. The summed E-state index contributed by atoms with van der Waals surface area (Å²) >= 11 is 1.68. The Morgan fingerprint density at radius 2 is 2.00 bits per heavy atom. The Labute approximate surface area is 133 Å². The Hall–Kier alpha value is -1.82. The second-order valence-electron chi connectivity index (χ2n) is 5.40. The van der Waals surface area contributed by atoms with Crippen LogP contribution < -0.4 is 0 Å². The SMILES string of the molecule is [c]1ncnc2cc(-c3ccc(CN4CCOCC4)cc3)sc12. The number of benzene rings is 1. The number of rotatable bonds is 3. The average Bonchev–Trinajstić information content (AvgIpc) is 3.00. The van der Waals surface area contributed by atoms with E-state index < -0.39 is 0 Å². The molecule has 0 N–H and O–H groups in total. The first-order valence-electron chi connectivity index (χ1n) is 7.40. The van der Waals surface area contributed by atoms with Gasteiger partial charge in [-0.3, -0.25) is 4.90 Å². The van der Waals surface area contributed by atoms with E-state index in [2.05, 4.69) is 51.4 Å². The highest BCUT2D eigenvalue weighted by molar-refractivity contribution is 7.22. The van der Waals surface area contributed by atoms with Gasteiger partial charge in [0.15, 0.2) is 0 Å². The number of morpholine rings is 1. The molecule has 4 rings (SSSR count). The normalized spacial score (nSPS) is 16.2. The quantitative estimate of drug-likeness (QED) is 0.745. The van der Waals surface area contributed by atoms with Gasteiger partial charge in [0.25, 0.3) is 0 Å². The van der Waals surface area contributed by atoms with E-state index in [4.69, 9.17) is 4.74 Å². The second kappa shape index (κ2) is 6.12. The lowest BCUT2D eigenvalue weighted by atomic mass is 10.1. The van der Waals surface area contributed by atoms with Crippen LogP contribution in [0.4, 0.5) is 0 Å². The van der Waals surface area contributed by atoms with Crippen molar-refractivity contribution in [2.75, 3.05) is 26.3 Å². The van der Waals surface area contributed by atoms with Gasteiger partial charge in [-0.05, 0) is 17.2 Å². The number of hydrogen-bond donors (Lipinski definition) is 0. The molecular weight excluding hydrogens is 294 g/mol. The maximum atomic E-state index is 5.39. The zero-order valence-electron chi connectivity index (χ0n) is 12.2. The third kappa shape index (κ3) is 2.88. The molecule has 1 aliphatic rings. The van der Waals surface area contributed by atoms with Crippen molar-refractivity contribution in [3.63, 3.8) is 0 Å². The van der Waals surface area contributed by atoms with Gasteiger partial charge >= 0.3 is 0 Å². The standard InChI is InChI=1S/C17H16N3OS/c1-3-14(16-9-15-17(22-16)10-18-12-19-15)4-2-13(1)11-20-5-7-21-8-6-20/h1-4,9,12H,5-8,11H2. The molecule has 0 aliphatic carbocycles. The average molecular weight is 310 g/mol. The minimum absolute atomic E-state index is 0.845. The summed E-state index contributed by atoms with van der Waals surface area (Å²) in [7, 11) is 0. The van der Waals surface area contributed by atoms with Crippen LogP contribution in [0.5, 0.6) is 0 Å². The fourth-order valence-corrected chi connectivity index (χ4v) is 3.63. The van der Waals surface area contributed by atoms with Crippen molar-refractivity contribution in [3.8, 4) is 10.4 Å². The number of aromatic nitrogens is 2. The molecule has 1 fully saturated rings. The van der Waals surface area contributed by atoms with Gasteiger partial charge in [-0.15, -0.1) is 11.3 Å². The molecule has 4 nitrogen and oxygen atoms in total. The van der Waals surface area contributed by atoms with Crippen LogP contribution in [0.15, 0.2) is 36.7 Å². The monoisotopic (exact) mass is 310 g/mol. The molecule has 0 unspecified atom stereocenters. The molecule has 22 heavy (non-hydrogen) atoms. The number of thiophene rings is 1. The van der Waals surface area contributed by atoms with Gasteiger partial charge < -0.3 is 4.74 Å². The van der Waals surface area contributed by atoms with E-state index in [-0.39, 0.29) is 0 Å². The first-order chi connectivity index (χ1) is 10.9. The van der Waals surface area contributed by atoms with Gasteiger partial charge in [0.2, 0.25) is 0 Å². The Morgan fingerprint density at radius 1 is 1.18 bits per heavy atom. The minimum Gasteiger partial charge on any atom is -0.379 e. The van der Waals surface area contributed by atoms with Crippen molar-refractivity contribution in [2.45, 2.75) is 6.54 Å². The molecule has 1 radical (unpaired) electrons. The second-order valence-corrected chi connectivity index (χ2v) is 6.45. The summed E-state index contributed by atoms with van der Waals surface area (Å²) in [5.74, 6) is 0. The molecule has 0 atom stereocenters. The molecule has 0 saturated carbocycles. The molecule has 2 aromatic heterocycles. The topological polar surface area (TPSA) is 38.2 Å². The van der Waals surface area contributed by atoms with Crippen molar-refractivity contribution in [2.24, 2.45) is 0 Å². The Balaban J connectivity index is 1.53. The van der Waals surface area contributed by atoms with Crippen LogP contribution in [0.1, 0.15) is 5.56 Å². The Morgan fingerprint density at radius 3 is 2.77 bits per heavy atom. The Kier molecular flexibility index (Phi) is 3.84. The fraction of sp³-hybridized carbons (Fsp3) is 0.294. The molecule has 111 valence electrons. The lowest BCUT2D eigenvalue weighted by Gasteiger charge is -2.26. The van der Waals surface area contributed by atoms with E-state index in [0.717, 1.165) is 43.1 Å². The molecule has 1 aromatic carbocycles. The van der Waals surface area contributed by atoms with Crippen LogP contribution in [0, 0.1) is 6.20 Å². The van der Waals surface area contributed by atoms with E-state index in [1.165, 1.54) is 16.0 Å². The summed E-state index contributed by atoms with van der Waals surface area (Å²) in [5.41, 5.74) is 3.53.